The molecule has 3 fully saturated rings. The van der Waals surface area contributed by atoms with Crippen molar-refractivity contribution in [2.24, 2.45) is 0 Å². The Bertz CT molecular complexity index is 768. The molecule has 33 heavy (non-hydrogen) atoms. The van der Waals surface area contributed by atoms with Crippen LogP contribution in [0.15, 0.2) is 24.3 Å². The lowest BCUT2D eigenvalue weighted by Gasteiger charge is -2.37. The Kier molecular flexibility index (Phi) is 8.42. The lowest BCUT2D eigenvalue weighted by atomic mass is 9.96. The number of benzene rings is 1. The number of nitrogens with zero attached hydrogens (tertiary/aromatic N) is 3. The standard InChI is InChI=1S/C25H38FN5O2/c26-20-6-8-23(9-7-20)30-16-18-31(19-17-30)24(32)12-15-29-13-10-22(11-14-29)28-25(33)27-21-4-2-1-3-5-21/h6-9,21-22H,1-5,10-19H2,(H2,27,28,33). The summed E-state index contributed by atoms with van der Waals surface area (Å²) in [6.45, 7) is 5.57. The number of urea groups is 1. The van der Waals surface area contributed by atoms with Crippen molar-refractivity contribution in [3.63, 3.8) is 0 Å². The molecule has 0 aromatic heterocycles. The van der Waals surface area contributed by atoms with Crippen LogP contribution in [0.5, 0.6) is 0 Å². The molecule has 0 unspecified atom stereocenters. The monoisotopic (exact) mass is 459 g/mol. The van der Waals surface area contributed by atoms with Gasteiger partial charge in [-0.3, -0.25) is 4.79 Å². The number of halogens is 1. The molecule has 0 spiro atoms. The normalized spacial score (nSPS) is 21.1. The smallest absolute Gasteiger partial charge is 0.315 e. The number of hydrogen-bond donors (Lipinski definition) is 2. The molecule has 2 aliphatic heterocycles. The van der Waals surface area contributed by atoms with Crippen LogP contribution in [0.1, 0.15) is 51.4 Å². The Hall–Kier alpha value is -2.35. The van der Waals surface area contributed by atoms with E-state index in [9.17, 15) is 14.0 Å². The van der Waals surface area contributed by atoms with E-state index in [-0.39, 0.29) is 23.8 Å². The number of anilines is 1. The zero-order valence-electron chi connectivity index (χ0n) is 19.6. The Morgan fingerprint density at radius 1 is 0.818 bits per heavy atom. The number of hydrogen-bond acceptors (Lipinski definition) is 4. The van der Waals surface area contributed by atoms with Gasteiger partial charge in [0.05, 0.1) is 0 Å². The molecule has 2 heterocycles. The molecule has 2 saturated heterocycles. The second-order valence-electron chi connectivity index (χ2n) is 9.66. The molecule has 1 aromatic carbocycles. The zero-order chi connectivity index (χ0) is 23.0. The third-order valence-electron chi connectivity index (χ3n) is 7.33. The first kappa shape index (κ1) is 23.8. The van der Waals surface area contributed by atoms with E-state index in [1.54, 1.807) is 12.1 Å². The average Bonchev–Trinajstić information content (AvgIpc) is 2.84. The van der Waals surface area contributed by atoms with Gasteiger partial charge in [-0.2, -0.15) is 0 Å². The third-order valence-corrected chi connectivity index (χ3v) is 7.33. The van der Waals surface area contributed by atoms with Gasteiger partial charge in [-0.15, -0.1) is 0 Å². The molecule has 3 aliphatic rings. The highest BCUT2D eigenvalue weighted by Crippen LogP contribution is 2.19. The summed E-state index contributed by atoms with van der Waals surface area (Å²) in [5.41, 5.74) is 1.01. The van der Waals surface area contributed by atoms with Crippen molar-refractivity contribution < 1.29 is 14.0 Å². The SMILES string of the molecule is O=C(NC1CCCCC1)NC1CCN(CCC(=O)N2CCN(c3ccc(F)cc3)CC2)CC1. The molecule has 0 radical (unpaired) electrons. The van der Waals surface area contributed by atoms with Gasteiger partial charge in [0.25, 0.3) is 0 Å². The lowest BCUT2D eigenvalue weighted by molar-refractivity contribution is -0.131. The number of amides is 3. The van der Waals surface area contributed by atoms with Crippen LogP contribution >= 0.6 is 0 Å². The van der Waals surface area contributed by atoms with E-state index in [1.807, 2.05) is 4.90 Å². The van der Waals surface area contributed by atoms with Gasteiger partial charge in [0, 0.05) is 70.0 Å². The maximum Gasteiger partial charge on any atom is 0.315 e. The van der Waals surface area contributed by atoms with Crippen LogP contribution in [-0.4, -0.2) is 79.6 Å². The molecule has 3 amide bonds. The number of carbonyl (C=O) groups is 2. The third kappa shape index (κ3) is 7.06. The minimum Gasteiger partial charge on any atom is -0.368 e. The summed E-state index contributed by atoms with van der Waals surface area (Å²) in [7, 11) is 0. The molecule has 182 valence electrons. The van der Waals surface area contributed by atoms with Gasteiger partial charge < -0.3 is 25.3 Å². The van der Waals surface area contributed by atoms with Gasteiger partial charge >= 0.3 is 6.03 Å². The van der Waals surface area contributed by atoms with Crippen LogP contribution in [0.2, 0.25) is 0 Å². The Balaban J connectivity index is 1.10. The van der Waals surface area contributed by atoms with Crippen LogP contribution in [0.25, 0.3) is 0 Å². The molecule has 4 rings (SSSR count). The second kappa shape index (κ2) is 11.7. The number of likely N-dealkylation sites (tertiary alicyclic amines) is 1. The van der Waals surface area contributed by atoms with Crippen molar-refractivity contribution in [3.05, 3.63) is 30.1 Å². The first-order valence-corrected chi connectivity index (χ1v) is 12.6. The summed E-state index contributed by atoms with van der Waals surface area (Å²) in [4.78, 5) is 31.5. The van der Waals surface area contributed by atoms with Crippen molar-refractivity contribution in [1.29, 1.82) is 0 Å². The largest absolute Gasteiger partial charge is 0.368 e. The Labute approximate surface area is 196 Å². The van der Waals surface area contributed by atoms with E-state index in [1.165, 1.54) is 31.4 Å². The van der Waals surface area contributed by atoms with E-state index in [0.29, 0.717) is 25.6 Å². The van der Waals surface area contributed by atoms with Crippen LogP contribution in [0, 0.1) is 5.82 Å². The van der Waals surface area contributed by atoms with Crippen LogP contribution in [0.4, 0.5) is 14.9 Å². The number of piperidine rings is 1. The van der Waals surface area contributed by atoms with Gasteiger partial charge in [0.15, 0.2) is 0 Å². The minimum absolute atomic E-state index is 0.0182. The first-order valence-electron chi connectivity index (χ1n) is 12.6. The summed E-state index contributed by atoms with van der Waals surface area (Å²) >= 11 is 0. The molecule has 0 bridgehead atoms. The van der Waals surface area contributed by atoms with Crippen molar-refractivity contribution in [3.8, 4) is 0 Å². The topological polar surface area (TPSA) is 67.9 Å². The molecule has 1 aromatic rings. The van der Waals surface area contributed by atoms with Crippen LogP contribution in [0.3, 0.4) is 0 Å². The molecule has 1 aliphatic carbocycles. The van der Waals surface area contributed by atoms with Crippen molar-refractivity contribution >= 4 is 17.6 Å². The van der Waals surface area contributed by atoms with Gasteiger partial charge in [-0.25, -0.2) is 9.18 Å². The lowest BCUT2D eigenvalue weighted by Crippen LogP contribution is -2.51. The highest BCUT2D eigenvalue weighted by Gasteiger charge is 2.25. The summed E-state index contributed by atoms with van der Waals surface area (Å²) in [6, 6.07) is 7.09. The highest BCUT2D eigenvalue weighted by atomic mass is 19.1. The molecular formula is C25H38FN5O2. The van der Waals surface area contributed by atoms with Gasteiger partial charge in [-0.1, -0.05) is 19.3 Å². The van der Waals surface area contributed by atoms with E-state index in [2.05, 4.69) is 20.4 Å². The second-order valence-corrected chi connectivity index (χ2v) is 9.66. The maximum absolute atomic E-state index is 13.1. The average molecular weight is 460 g/mol. The number of carbonyl (C=O) groups excluding carboxylic acids is 2. The summed E-state index contributed by atoms with van der Waals surface area (Å²) < 4.78 is 13.1. The minimum atomic E-state index is -0.227. The number of piperazine rings is 1. The van der Waals surface area contributed by atoms with Crippen molar-refractivity contribution in [1.82, 2.24) is 20.4 Å². The van der Waals surface area contributed by atoms with E-state index in [0.717, 1.165) is 64.1 Å². The summed E-state index contributed by atoms with van der Waals surface area (Å²) in [5.74, 6) is -0.0176. The Morgan fingerprint density at radius 3 is 2.06 bits per heavy atom. The Morgan fingerprint density at radius 2 is 1.42 bits per heavy atom. The zero-order valence-corrected chi connectivity index (χ0v) is 19.6. The molecule has 2 N–H and O–H groups in total. The van der Waals surface area contributed by atoms with Crippen molar-refractivity contribution in [2.75, 3.05) is 50.7 Å². The van der Waals surface area contributed by atoms with Gasteiger partial charge in [0.2, 0.25) is 5.91 Å². The predicted molar refractivity (Wildman–Crippen MR) is 128 cm³/mol. The number of nitrogens with one attached hydrogen (secondary N) is 2. The van der Waals surface area contributed by atoms with E-state index >= 15 is 0 Å². The predicted octanol–water partition coefficient (Wildman–Crippen LogP) is 2.96. The quantitative estimate of drug-likeness (QED) is 0.686. The van der Waals surface area contributed by atoms with E-state index < -0.39 is 0 Å². The summed E-state index contributed by atoms with van der Waals surface area (Å²) in [5, 5.41) is 6.28. The highest BCUT2D eigenvalue weighted by molar-refractivity contribution is 5.76. The molecule has 0 atom stereocenters. The van der Waals surface area contributed by atoms with Gasteiger partial charge in [-0.05, 0) is 49.9 Å². The fourth-order valence-corrected chi connectivity index (χ4v) is 5.24. The molecular weight excluding hydrogens is 421 g/mol. The maximum atomic E-state index is 13.1. The van der Waals surface area contributed by atoms with Crippen molar-refractivity contribution in [2.45, 2.75) is 63.5 Å². The van der Waals surface area contributed by atoms with E-state index in [4.69, 9.17) is 0 Å². The fraction of sp³-hybridized carbons (Fsp3) is 0.680. The molecule has 8 heteroatoms. The summed E-state index contributed by atoms with van der Waals surface area (Å²) in [6.07, 6.45) is 8.31. The first-order chi connectivity index (χ1) is 16.1. The fourth-order valence-electron chi connectivity index (χ4n) is 5.24. The molecule has 7 nitrogen and oxygen atoms in total. The molecule has 1 saturated carbocycles. The van der Waals surface area contributed by atoms with Gasteiger partial charge in [0.1, 0.15) is 5.82 Å². The number of rotatable bonds is 6. The van der Waals surface area contributed by atoms with Crippen LogP contribution < -0.4 is 15.5 Å². The van der Waals surface area contributed by atoms with Crippen LogP contribution in [-0.2, 0) is 4.79 Å².